The number of carbonyl (C=O) groups excluding carboxylic acids is 1. The van der Waals surface area contributed by atoms with Gasteiger partial charge in [0.2, 0.25) is 5.91 Å². The highest BCUT2D eigenvalue weighted by Crippen LogP contribution is 2.28. The highest BCUT2D eigenvalue weighted by atomic mass is 16.4. The molecule has 1 aromatic rings. The molecule has 0 saturated heterocycles. The van der Waals surface area contributed by atoms with Gasteiger partial charge in [0.1, 0.15) is 5.54 Å². The van der Waals surface area contributed by atoms with Gasteiger partial charge in [-0.2, -0.15) is 0 Å². The van der Waals surface area contributed by atoms with Crippen LogP contribution < -0.4 is 5.32 Å². The van der Waals surface area contributed by atoms with Crippen LogP contribution >= 0.6 is 0 Å². The van der Waals surface area contributed by atoms with Gasteiger partial charge >= 0.3 is 5.97 Å². The Balaban J connectivity index is 2.04. The summed E-state index contributed by atoms with van der Waals surface area (Å²) in [6.07, 6.45) is 6.85. The number of carboxylic acids is 1. The van der Waals surface area contributed by atoms with Gasteiger partial charge in [-0.3, -0.25) is 4.79 Å². The smallest absolute Gasteiger partial charge is 0.329 e. The molecule has 0 atom stereocenters. The van der Waals surface area contributed by atoms with Gasteiger partial charge in [-0.05, 0) is 31.4 Å². The number of carbonyl (C=O) groups is 2. The van der Waals surface area contributed by atoms with Crippen LogP contribution in [0.25, 0.3) is 6.08 Å². The molecule has 4 heteroatoms. The van der Waals surface area contributed by atoms with E-state index in [1.807, 2.05) is 31.2 Å². The summed E-state index contributed by atoms with van der Waals surface area (Å²) < 4.78 is 0. The molecule has 1 amide bonds. The molecule has 1 aliphatic carbocycles. The molecule has 21 heavy (non-hydrogen) atoms. The second-order valence-electron chi connectivity index (χ2n) is 5.68. The zero-order valence-electron chi connectivity index (χ0n) is 12.3. The van der Waals surface area contributed by atoms with E-state index in [0.717, 1.165) is 30.4 Å². The van der Waals surface area contributed by atoms with Crippen LogP contribution in [0.3, 0.4) is 0 Å². The fourth-order valence-electron chi connectivity index (χ4n) is 2.77. The minimum atomic E-state index is -1.09. The SMILES string of the molecule is Cc1cccc(C=CC(=O)NC2(C(=O)O)CCCCC2)c1. The number of nitrogens with one attached hydrogen (secondary N) is 1. The van der Waals surface area contributed by atoms with Gasteiger partial charge in [0, 0.05) is 6.08 Å². The molecule has 0 aromatic heterocycles. The minimum Gasteiger partial charge on any atom is -0.480 e. The third-order valence-corrected chi connectivity index (χ3v) is 3.95. The summed E-state index contributed by atoms with van der Waals surface area (Å²) in [6, 6.07) is 7.79. The number of aliphatic carboxylic acids is 1. The number of hydrogen-bond donors (Lipinski definition) is 2. The quantitative estimate of drug-likeness (QED) is 0.837. The Kier molecular flexibility index (Phi) is 4.78. The van der Waals surface area contributed by atoms with Gasteiger partial charge in [0.25, 0.3) is 0 Å². The van der Waals surface area contributed by atoms with Crippen LogP contribution in [0.5, 0.6) is 0 Å². The molecule has 112 valence electrons. The highest BCUT2D eigenvalue weighted by Gasteiger charge is 2.40. The van der Waals surface area contributed by atoms with Crippen LogP contribution in [0, 0.1) is 6.92 Å². The number of rotatable bonds is 4. The second-order valence-corrected chi connectivity index (χ2v) is 5.68. The molecular weight excluding hydrogens is 266 g/mol. The van der Waals surface area contributed by atoms with Crippen molar-refractivity contribution in [3.8, 4) is 0 Å². The summed E-state index contributed by atoms with van der Waals surface area (Å²) in [4.78, 5) is 23.5. The number of hydrogen-bond acceptors (Lipinski definition) is 2. The van der Waals surface area contributed by atoms with Crippen molar-refractivity contribution in [3.63, 3.8) is 0 Å². The number of benzene rings is 1. The van der Waals surface area contributed by atoms with E-state index in [9.17, 15) is 14.7 Å². The lowest BCUT2D eigenvalue weighted by Crippen LogP contribution is -2.55. The van der Waals surface area contributed by atoms with Gasteiger partial charge < -0.3 is 10.4 Å². The Morgan fingerprint density at radius 1 is 1.24 bits per heavy atom. The topological polar surface area (TPSA) is 66.4 Å². The van der Waals surface area contributed by atoms with Crippen LogP contribution in [-0.2, 0) is 9.59 Å². The minimum absolute atomic E-state index is 0.346. The first-order valence-electron chi connectivity index (χ1n) is 7.32. The lowest BCUT2D eigenvalue weighted by molar-refractivity contribution is -0.148. The van der Waals surface area contributed by atoms with E-state index in [4.69, 9.17) is 0 Å². The molecule has 0 aliphatic heterocycles. The molecule has 0 spiro atoms. The van der Waals surface area contributed by atoms with Gasteiger partial charge in [0.05, 0.1) is 0 Å². The van der Waals surface area contributed by atoms with E-state index in [0.29, 0.717) is 12.8 Å². The first-order chi connectivity index (χ1) is 10.0. The molecule has 1 aliphatic rings. The van der Waals surface area contributed by atoms with Crippen LogP contribution in [0.15, 0.2) is 30.3 Å². The predicted molar refractivity (Wildman–Crippen MR) is 81.8 cm³/mol. The predicted octanol–water partition coefficient (Wildman–Crippen LogP) is 2.91. The molecular formula is C17H21NO3. The summed E-state index contributed by atoms with van der Waals surface area (Å²) in [5.41, 5.74) is 0.955. The maximum Gasteiger partial charge on any atom is 0.329 e. The molecule has 2 rings (SSSR count). The fourth-order valence-corrected chi connectivity index (χ4v) is 2.77. The van der Waals surface area contributed by atoms with Crippen LogP contribution in [-0.4, -0.2) is 22.5 Å². The molecule has 0 radical (unpaired) electrons. The maximum absolute atomic E-state index is 12.0. The van der Waals surface area contributed by atoms with E-state index < -0.39 is 11.5 Å². The third-order valence-electron chi connectivity index (χ3n) is 3.95. The first kappa shape index (κ1) is 15.3. The van der Waals surface area contributed by atoms with Gasteiger partial charge in [0.15, 0.2) is 0 Å². The summed E-state index contributed by atoms with van der Waals surface area (Å²) in [7, 11) is 0. The molecule has 4 nitrogen and oxygen atoms in total. The lowest BCUT2D eigenvalue weighted by Gasteiger charge is -2.33. The first-order valence-corrected chi connectivity index (χ1v) is 7.32. The van der Waals surface area contributed by atoms with Gasteiger partial charge in [-0.1, -0.05) is 49.1 Å². The molecule has 0 bridgehead atoms. The monoisotopic (exact) mass is 287 g/mol. The fraction of sp³-hybridized carbons (Fsp3) is 0.412. The summed E-state index contributed by atoms with van der Waals surface area (Å²) in [5, 5.41) is 12.1. The zero-order chi connectivity index (χ0) is 15.3. The zero-order valence-corrected chi connectivity index (χ0v) is 12.3. The van der Waals surface area contributed by atoms with E-state index in [1.165, 1.54) is 6.08 Å². The Morgan fingerprint density at radius 2 is 1.95 bits per heavy atom. The highest BCUT2D eigenvalue weighted by molar-refractivity contribution is 5.95. The van der Waals surface area contributed by atoms with Crippen LogP contribution in [0.2, 0.25) is 0 Å². The second kappa shape index (κ2) is 6.57. The molecule has 0 unspecified atom stereocenters. The average molecular weight is 287 g/mol. The molecule has 1 saturated carbocycles. The number of amides is 1. The van der Waals surface area contributed by atoms with Gasteiger partial charge in [-0.25, -0.2) is 4.79 Å². The Hall–Kier alpha value is -2.10. The molecule has 2 N–H and O–H groups in total. The van der Waals surface area contributed by atoms with Crippen molar-refractivity contribution in [1.82, 2.24) is 5.32 Å². The molecule has 1 fully saturated rings. The van der Waals surface area contributed by atoms with Crippen molar-refractivity contribution >= 4 is 18.0 Å². The molecule has 1 aromatic carbocycles. The van der Waals surface area contributed by atoms with E-state index in [1.54, 1.807) is 6.08 Å². The van der Waals surface area contributed by atoms with Crippen molar-refractivity contribution in [2.45, 2.75) is 44.6 Å². The van der Waals surface area contributed by atoms with Crippen molar-refractivity contribution in [2.24, 2.45) is 0 Å². The Morgan fingerprint density at radius 3 is 2.57 bits per heavy atom. The Labute approximate surface area is 124 Å². The summed E-state index contributed by atoms with van der Waals surface area (Å²) in [6.45, 7) is 1.98. The van der Waals surface area contributed by atoms with E-state index in [2.05, 4.69) is 5.32 Å². The third kappa shape index (κ3) is 3.94. The van der Waals surface area contributed by atoms with Crippen LogP contribution in [0.4, 0.5) is 0 Å². The lowest BCUT2D eigenvalue weighted by atomic mass is 9.81. The van der Waals surface area contributed by atoms with Crippen molar-refractivity contribution in [1.29, 1.82) is 0 Å². The van der Waals surface area contributed by atoms with Crippen LogP contribution in [0.1, 0.15) is 43.2 Å². The van der Waals surface area contributed by atoms with E-state index >= 15 is 0 Å². The van der Waals surface area contributed by atoms with E-state index in [-0.39, 0.29) is 5.91 Å². The number of aryl methyl sites for hydroxylation is 1. The normalized spacial score (nSPS) is 17.6. The van der Waals surface area contributed by atoms with Crippen molar-refractivity contribution < 1.29 is 14.7 Å². The number of carboxylic acid groups (broad SMARTS) is 1. The summed E-state index contributed by atoms with van der Waals surface area (Å²) >= 11 is 0. The van der Waals surface area contributed by atoms with Gasteiger partial charge in [-0.15, -0.1) is 0 Å². The maximum atomic E-state index is 12.0. The standard InChI is InChI=1S/C17H21NO3/c1-13-6-5-7-14(12-13)8-9-15(19)18-17(16(20)21)10-3-2-4-11-17/h5-9,12H,2-4,10-11H2,1H3,(H,18,19)(H,20,21). The largest absolute Gasteiger partial charge is 0.480 e. The average Bonchev–Trinajstić information content (AvgIpc) is 2.46. The molecule has 0 heterocycles. The Bertz CT molecular complexity index is 557. The van der Waals surface area contributed by atoms with Crippen molar-refractivity contribution in [2.75, 3.05) is 0 Å². The van der Waals surface area contributed by atoms with Crippen molar-refractivity contribution in [3.05, 3.63) is 41.5 Å². The summed E-state index contributed by atoms with van der Waals surface area (Å²) in [5.74, 6) is -1.28.